The molecule has 0 bridgehead atoms. The van der Waals surface area contributed by atoms with E-state index in [4.69, 9.17) is 0 Å². The molecule has 0 aromatic heterocycles. The summed E-state index contributed by atoms with van der Waals surface area (Å²) in [5, 5.41) is 3.04. The van der Waals surface area contributed by atoms with Crippen molar-refractivity contribution in [3.63, 3.8) is 0 Å². The Hall–Kier alpha value is -3.65. The van der Waals surface area contributed by atoms with E-state index in [2.05, 4.69) is 12.2 Å². The van der Waals surface area contributed by atoms with Crippen molar-refractivity contribution in [3.05, 3.63) is 101 Å². The summed E-state index contributed by atoms with van der Waals surface area (Å²) in [5.74, 6) is -0.362. The number of unbranched alkanes of at least 4 members (excludes halogenated alkanes) is 1. The average Bonchev–Trinajstić information content (AvgIpc) is 2.93. The smallest absolute Gasteiger partial charge is 0.243 e. The van der Waals surface area contributed by atoms with E-state index in [9.17, 15) is 18.0 Å². The molecule has 0 saturated carbocycles. The molecule has 0 aliphatic rings. The van der Waals surface area contributed by atoms with Crippen molar-refractivity contribution in [1.29, 1.82) is 0 Å². The van der Waals surface area contributed by atoms with Crippen molar-refractivity contribution >= 4 is 27.5 Å². The molecule has 7 nitrogen and oxygen atoms in total. The summed E-state index contributed by atoms with van der Waals surface area (Å²) < 4.78 is 26.6. The number of nitrogens with zero attached hydrogens (tertiary/aromatic N) is 2. The van der Waals surface area contributed by atoms with E-state index in [0.717, 1.165) is 35.1 Å². The van der Waals surface area contributed by atoms with Crippen molar-refractivity contribution in [3.8, 4) is 0 Å². The average molecular weight is 578 g/mol. The van der Waals surface area contributed by atoms with Crippen molar-refractivity contribution in [2.75, 3.05) is 23.7 Å². The zero-order chi connectivity index (χ0) is 29.8. The number of carbonyl (C=O) groups is 2. The van der Waals surface area contributed by atoms with Crippen molar-refractivity contribution in [1.82, 2.24) is 10.2 Å². The van der Waals surface area contributed by atoms with Crippen LogP contribution in [0.3, 0.4) is 0 Å². The highest BCUT2D eigenvalue weighted by Crippen LogP contribution is 2.22. The summed E-state index contributed by atoms with van der Waals surface area (Å²) in [5.41, 5.74) is 4.51. The van der Waals surface area contributed by atoms with Gasteiger partial charge in [0.25, 0.3) is 0 Å². The minimum Gasteiger partial charge on any atom is -0.354 e. The Morgan fingerprint density at radius 1 is 0.902 bits per heavy atom. The van der Waals surface area contributed by atoms with Gasteiger partial charge >= 0.3 is 0 Å². The minimum absolute atomic E-state index is 0.108. The molecule has 1 atom stereocenters. The second-order valence-corrected chi connectivity index (χ2v) is 12.5. The monoisotopic (exact) mass is 577 g/mol. The van der Waals surface area contributed by atoms with Crippen LogP contribution in [-0.2, 0) is 32.6 Å². The van der Waals surface area contributed by atoms with Crippen LogP contribution < -0.4 is 9.62 Å². The molecule has 0 aliphatic carbocycles. The molecule has 0 spiro atoms. The molecule has 3 rings (SSSR count). The molecule has 41 heavy (non-hydrogen) atoms. The minimum atomic E-state index is -3.55. The van der Waals surface area contributed by atoms with Gasteiger partial charge in [0.05, 0.1) is 11.9 Å². The van der Waals surface area contributed by atoms with Crippen LogP contribution in [-0.4, -0.2) is 50.5 Å². The molecule has 2 amide bonds. The standard InChI is InChI=1S/C33H43N3O4S/c1-5-6-21-34-33(38)31(24-28-16-8-7-9-17-28)35(25-29-18-11-10-15-27(29)3)32(37)20-13-22-36(41(4,39)40)30-19-12-14-26(2)23-30/h7-12,14-19,23,31H,5-6,13,20-22,24-25H2,1-4H3,(H,34,38)/t31-/m1/s1. The number of anilines is 1. The van der Waals surface area contributed by atoms with Crippen LogP contribution in [0, 0.1) is 13.8 Å². The van der Waals surface area contributed by atoms with Gasteiger partial charge < -0.3 is 10.2 Å². The second kappa shape index (κ2) is 15.4. The third kappa shape index (κ3) is 9.74. The fourth-order valence-electron chi connectivity index (χ4n) is 4.82. The van der Waals surface area contributed by atoms with E-state index in [-0.39, 0.29) is 31.3 Å². The van der Waals surface area contributed by atoms with E-state index in [0.29, 0.717) is 25.1 Å². The Bertz CT molecular complexity index is 1390. The molecule has 0 radical (unpaired) electrons. The van der Waals surface area contributed by atoms with Crippen LogP contribution in [0.15, 0.2) is 78.9 Å². The molecule has 0 heterocycles. The number of amides is 2. The first-order valence-electron chi connectivity index (χ1n) is 14.3. The molecular formula is C33H43N3O4S. The largest absolute Gasteiger partial charge is 0.354 e. The zero-order valence-corrected chi connectivity index (χ0v) is 25.5. The van der Waals surface area contributed by atoms with E-state index in [1.54, 1.807) is 11.0 Å². The number of carbonyl (C=O) groups excluding carboxylic acids is 2. The third-order valence-corrected chi connectivity index (χ3v) is 8.34. The molecule has 8 heteroatoms. The first-order chi connectivity index (χ1) is 19.6. The van der Waals surface area contributed by atoms with Gasteiger partial charge in [-0.1, -0.05) is 80.1 Å². The summed E-state index contributed by atoms with van der Waals surface area (Å²) in [6.07, 6.45) is 3.80. The predicted molar refractivity (Wildman–Crippen MR) is 166 cm³/mol. The van der Waals surface area contributed by atoms with Crippen LogP contribution in [0.5, 0.6) is 0 Å². The topological polar surface area (TPSA) is 86.8 Å². The van der Waals surface area contributed by atoms with Gasteiger partial charge in [-0.2, -0.15) is 0 Å². The summed E-state index contributed by atoms with van der Waals surface area (Å²) >= 11 is 0. The lowest BCUT2D eigenvalue weighted by molar-refractivity contribution is -0.141. The summed E-state index contributed by atoms with van der Waals surface area (Å²) in [6.45, 7) is 6.98. The Balaban J connectivity index is 1.88. The number of aryl methyl sites for hydroxylation is 2. The maximum atomic E-state index is 13.9. The number of nitrogens with one attached hydrogen (secondary N) is 1. The van der Waals surface area contributed by atoms with E-state index >= 15 is 0 Å². The SMILES string of the molecule is CCCCNC(=O)[C@@H](Cc1ccccc1)N(Cc1ccccc1C)C(=O)CCCN(c1cccc(C)c1)S(C)(=O)=O. The Morgan fingerprint density at radius 2 is 1.61 bits per heavy atom. The van der Waals surface area contributed by atoms with Gasteiger partial charge in [-0.25, -0.2) is 8.42 Å². The lowest BCUT2D eigenvalue weighted by Crippen LogP contribution is -2.50. The van der Waals surface area contributed by atoms with Gasteiger partial charge in [-0.05, 0) is 61.1 Å². The van der Waals surface area contributed by atoms with Crippen molar-refractivity contribution in [2.45, 2.75) is 65.5 Å². The van der Waals surface area contributed by atoms with Gasteiger partial charge in [-0.15, -0.1) is 0 Å². The van der Waals surface area contributed by atoms with Gasteiger partial charge in [0.2, 0.25) is 21.8 Å². The lowest BCUT2D eigenvalue weighted by atomic mass is 10.0. The second-order valence-electron chi connectivity index (χ2n) is 10.6. The van der Waals surface area contributed by atoms with Crippen LogP contribution >= 0.6 is 0 Å². The number of benzene rings is 3. The van der Waals surface area contributed by atoms with Gasteiger partial charge in [-0.3, -0.25) is 13.9 Å². The molecule has 0 fully saturated rings. The Labute approximate surface area is 245 Å². The third-order valence-electron chi connectivity index (χ3n) is 7.14. The number of hydrogen-bond acceptors (Lipinski definition) is 4. The fourth-order valence-corrected chi connectivity index (χ4v) is 5.78. The number of hydrogen-bond donors (Lipinski definition) is 1. The Morgan fingerprint density at radius 3 is 2.27 bits per heavy atom. The summed E-state index contributed by atoms with van der Waals surface area (Å²) in [6, 6.07) is 24.2. The maximum Gasteiger partial charge on any atom is 0.243 e. The molecule has 3 aromatic carbocycles. The normalized spacial score (nSPS) is 12.0. The van der Waals surface area contributed by atoms with E-state index in [1.807, 2.05) is 86.6 Å². The highest BCUT2D eigenvalue weighted by molar-refractivity contribution is 7.92. The maximum absolute atomic E-state index is 13.9. The highest BCUT2D eigenvalue weighted by Gasteiger charge is 2.30. The van der Waals surface area contributed by atoms with Gasteiger partial charge in [0.15, 0.2) is 0 Å². The number of sulfonamides is 1. The van der Waals surface area contributed by atoms with Crippen molar-refractivity contribution < 1.29 is 18.0 Å². The first-order valence-corrected chi connectivity index (χ1v) is 16.1. The van der Waals surface area contributed by atoms with Crippen molar-refractivity contribution in [2.24, 2.45) is 0 Å². The van der Waals surface area contributed by atoms with Gasteiger partial charge in [0.1, 0.15) is 6.04 Å². The molecule has 0 saturated heterocycles. The lowest BCUT2D eigenvalue weighted by Gasteiger charge is -2.32. The van der Waals surface area contributed by atoms with Gasteiger partial charge in [0, 0.05) is 32.5 Å². The molecule has 0 aliphatic heterocycles. The highest BCUT2D eigenvalue weighted by atomic mass is 32.2. The molecule has 0 unspecified atom stereocenters. The zero-order valence-electron chi connectivity index (χ0n) is 24.7. The Kier molecular flexibility index (Phi) is 12.0. The quantitative estimate of drug-likeness (QED) is 0.245. The summed E-state index contributed by atoms with van der Waals surface area (Å²) in [4.78, 5) is 29.2. The molecular weight excluding hydrogens is 534 g/mol. The van der Waals surface area contributed by atoms with Crippen LogP contribution in [0.1, 0.15) is 54.9 Å². The van der Waals surface area contributed by atoms with Crippen LogP contribution in [0.2, 0.25) is 0 Å². The van der Waals surface area contributed by atoms with Crippen LogP contribution in [0.25, 0.3) is 0 Å². The number of rotatable bonds is 15. The fraction of sp³-hybridized carbons (Fsp3) is 0.394. The van der Waals surface area contributed by atoms with E-state index in [1.165, 1.54) is 10.6 Å². The summed E-state index contributed by atoms with van der Waals surface area (Å²) in [7, 11) is -3.55. The first kappa shape index (κ1) is 31.9. The van der Waals surface area contributed by atoms with E-state index < -0.39 is 16.1 Å². The molecule has 3 aromatic rings. The predicted octanol–water partition coefficient (Wildman–Crippen LogP) is 5.41. The van der Waals surface area contributed by atoms with Crippen LogP contribution in [0.4, 0.5) is 5.69 Å². The molecule has 1 N–H and O–H groups in total. The molecule has 220 valence electrons.